The van der Waals surface area contributed by atoms with Gasteiger partial charge in [0.25, 0.3) is 5.91 Å². The number of amides is 2. The van der Waals surface area contributed by atoms with Gasteiger partial charge in [0.2, 0.25) is 5.91 Å². The van der Waals surface area contributed by atoms with Crippen molar-refractivity contribution in [2.45, 2.75) is 39.5 Å². The Morgan fingerprint density at radius 1 is 1.50 bits per heavy atom. The summed E-state index contributed by atoms with van der Waals surface area (Å²) >= 11 is 1.50. The molecule has 0 radical (unpaired) electrons. The summed E-state index contributed by atoms with van der Waals surface area (Å²) in [6, 6.07) is 0. The Labute approximate surface area is 111 Å². The maximum Gasteiger partial charge on any atom is 0.251 e. The minimum absolute atomic E-state index is 0.0795. The third kappa shape index (κ3) is 2.41. The lowest BCUT2D eigenvalue weighted by Gasteiger charge is -2.18. The third-order valence-electron chi connectivity index (χ3n) is 3.33. The van der Waals surface area contributed by atoms with Crippen LogP contribution in [-0.4, -0.2) is 11.8 Å². The largest absolute Gasteiger partial charge is 0.365 e. The molecule has 1 aliphatic carbocycles. The monoisotopic (exact) mass is 266 g/mol. The SMILES string of the molecule is CCC(=O)Nc1sc2c(c1C(N)=O)CCC(C)C2. The molecule has 0 saturated heterocycles. The molecule has 0 aromatic carbocycles. The lowest BCUT2D eigenvalue weighted by molar-refractivity contribution is -0.115. The predicted molar refractivity (Wildman–Crippen MR) is 72.9 cm³/mol. The van der Waals surface area contributed by atoms with Gasteiger partial charge < -0.3 is 11.1 Å². The Morgan fingerprint density at radius 3 is 2.83 bits per heavy atom. The number of nitrogens with one attached hydrogen (secondary N) is 1. The molecule has 3 N–H and O–H groups in total. The first-order chi connectivity index (χ1) is 8.52. The number of nitrogens with two attached hydrogens (primary N) is 1. The van der Waals surface area contributed by atoms with Crippen molar-refractivity contribution in [1.82, 2.24) is 0 Å². The van der Waals surface area contributed by atoms with Gasteiger partial charge in [0.05, 0.1) is 5.56 Å². The number of thiophene rings is 1. The van der Waals surface area contributed by atoms with Gasteiger partial charge in [0.1, 0.15) is 5.00 Å². The van der Waals surface area contributed by atoms with Gasteiger partial charge in [-0.1, -0.05) is 13.8 Å². The number of hydrogen-bond acceptors (Lipinski definition) is 3. The number of carbonyl (C=O) groups excluding carboxylic acids is 2. The van der Waals surface area contributed by atoms with E-state index in [2.05, 4.69) is 12.2 Å². The highest BCUT2D eigenvalue weighted by Crippen LogP contribution is 2.39. The first kappa shape index (κ1) is 13.1. The van der Waals surface area contributed by atoms with E-state index in [-0.39, 0.29) is 5.91 Å². The van der Waals surface area contributed by atoms with Crippen molar-refractivity contribution in [3.63, 3.8) is 0 Å². The first-order valence-corrected chi connectivity index (χ1v) is 7.08. The van der Waals surface area contributed by atoms with Gasteiger partial charge >= 0.3 is 0 Å². The molecule has 1 aromatic rings. The van der Waals surface area contributed by atoms with Gasteiger partial charge in [-0.05, 0) is 30.7 Å². The van der Waals surface area contributed by atoms with Crippen molar-refractivity contribution in [3.05, 3.63) is 16.0 Å². The van der Waals surface area contributed by atoms with E-state index in [1.165, 1.54) is 16.2 Å². The summed E-state index contributed by atoms with van der Waals surface area (Å²) in [4.78, 5) is 24.3. The molecular formula is C13H18N2O2S. The second-order valence-corrected chi connectivity index (χ2v) is 5.93. The Balaban J connectivity index is 2.40. The van der Waals surface area contributed by atoms with Gasteiger partial charge in [-0.3, -0.25) is 9.59 Å². The van der Waals surface area contributed by atoms with E-state index in [1.807, 2.05) is 0 Å². The van der Waals surface area contributed by atoms with Crippen molar-refractivity contribution in [2.75, 3.05) is 5.32 Å². The van der Waals surface area contributed by atoms with Gasteiger partial charge in [0.15, 0.2) is 0 Å². The smallest absolute Gasteiger partial charge is 0.251 e. The normalized spacial score (nSPS) is 18.2. The zero-order valence-corrected chi connectivity index (χ0v) is 11.5. The van der Waals surface area contributed by atoms with Crippen LogP contribution in [0.4, 0.5) is 5.00 Å². The number of fused-ring (bicyclic) bond motifs is 1. The van der Waals surface area contributed by atoms with E-state index >= 15 is 0 Å². The fourth-order valence-electron chi connectivity index (χ4n) is 2.31. The number of primary amides is 1. The minimum atomic E-state index is -0.437. The average molecular weight is 266 g/mol. The summed E-state index contributed by atoms with van der Waals surface area (Å²) in [5.74, 6) is 0.115. The van der Waals surface area contributed by atoms with E-state index in [0.29, 0.717) is 22.9 Å². The van der Waals surface area contributed by atoms with Crippen LogP contribution in [0, 0.1) is 5.92 Å². The molecule has 0 fully saturated rings. The van der Waals surface area contributed by atoms with Crippen LogP contribution >= 0.6 is 11.3 Å². The van der Waals surface area contributed by atoms with Crippen LogP contribution < -0.4 is 11.1 Å². The standard InChI is InChI=1S/C13H18N2O2S/c1-3-10(16)15-13-11(12(14)17)8-5-4-7(2)6-9(8)18-13/h7H,3-6H2,1-2H3,(H2,14,17)(H,15,16). The van der Waals surface area contributed by atoms with Gasteiger partial charge in [-0.15, -0.1) is 11.3 Å². The maximum atomic E-state index is 11.6. The minimum Gasteiger partial charge on any atom is -0.365 e. The van der Waals surface area contributed by atoms with Crippen molar-refractivity contribution >= 4 is 28.2 Å². The van der Waals surface area contributed by atoms with Crippen LogP contribution in [0.15, 0.2) is 0 Å². The summed E-state index contributed by atoms with van der Waals surface area (Å²) in [5, 5.41) is 3.43. The molecule has 5 heteroatoms. The molecular weight excluding hydrogens is 248 g/mol. The maximum absolute atomic E-state index is 11.6. The molecule has 1 unspecified atom stereocenters. The van der Waals surface area contributed by atoms with Crippen LogP contribution in [0.3, 0.4) is 0 Å². The van der Waals surface area contributed by atoms with Crippen LogP contribution in [0.1, 0.15) is 47.5 Å². The molecule has 1 heterocycles. The highest BCUT2D eigenvalue weighted by atomic mass is 32.1. The fourth-order valence-corrected chi connectivity index (χ4v) is 3.75. The second-order valence-electron chi connectivity index (χ2n) is 4.82. The Kier molecular flexibility index (Phi) is 3.71. The lowest BCUT2D eigenvalue weighted by Crippen LogP contribution is -2.19. The highest BCUT2D eigenvalue weighted by Gasteiger charge is 2.26. The van der Waals surface area contributed by atoms with E-state index < -0.39 is 5.91 Å². The van der Waals surface area contributed by atoms with E-state index in [0.717, 1.165) is 24.8 Å². The topological polar surface area (TPSA) is 72.2 Å². The van der Waals surface area contributed by atoms with Crippen molar-refractivity contribution in [1.29, 1.82) is 0 Å². The molecule has 98 valence electrons. The summed E-state index contributed by atoms with van der Waals surface area (Å²) in [5.41, 5.74) is 7.04. The van der Waals surface area contributed by atoms with Crippen LogP contribution in [0.2, 0.25) is 0 Å². The Bertz CT molecular complexity index is 493. The van der Waals surface area contributed by atoms with Gasteiger partial charge in [-0.2, -0.15) is 0 Å². The second kappa shape index (κ2) is 5.10. The van der Waals surface area contributed by atoms with Gasteiger partial charge in [-0.25, -0.2) is 0 Å². The number of carbonyl (C=O) groups is 2. The molecule has 2 rings (SSSR count). The van der Waals surface area contributed by atoms with Crippen molar-refractivity contribution in [3.8, 4) is 0 Å². The lowest BCUT2D eigenvalue weighted by atomic mass is 9.88. The summed E-state index contributed by atoms with van der Waals surface area (Å²) in [6.45, 7) is 3.99. The molecule has 0 bridgehead atoms. The number of anilines is 1. The van der Waals surface area contributed by atoms with Gasteiger partial charge in [0, 0.05) is 11.3 Å². The first-order valence-electron chi connectivity index (χ1n) is 6.27. The van der Waals surface area contributed by atoms with E-state index in [1.54, 1.807) is 6.92 Å². The third-order valence-corrected chi connectivity index (χ3v) is 4.50. The molecule has 0 spiro atoms. The van der Waals surface area contributed by atoms with Crippen molar-refractivity contribution < 1.29 is 9.59 Å². The zero-order chi connectivity index (χ0) is 13.3. The fraction of sp³-hybridized carbons (Fsp3) is 0.538. The van der Waals surface area contributed by atoms with Crippen molar-refractivity contribution in [2.24, 2.45) is 11.7 Å². The Hall–Kier alpha value is -1.36. The molecule has 1 atom stereocenters. The Morgan fingerprint density at radius 2 is 2.22 bits per heavy atom. The molecule has 2 amide bonds. The average Bonchev–Trinajstić information content (AvgIpc) is 2.65. The predicted octanol–water partition coefficient (Wildman–Crippen LogP) is 2.32. The molecule has 1 aromatic heterocycles. The molecule has 0 saturated carbocycles. The van der Waals surface area contributed by atoms with E-state index in [4.69, 9.17) is 5.73 Å². The van der Waals surface area contributed by atoms with Crippen LogP contribution in [-0.2, 0) is 17.6 Å². The number of hydrogen-bond donors (Lipinski definition) is 2. The zero-order valence-electron chi connectivity index (χ0n) is 10.7. The highest BCUT2D eigenvalue weighted by molar-refractivity contribution is 7.17. The molecule has 18 heavy (non-hydrogen) atoms. The van der Waals surface area contributed by atoms with Crippen LogP contribution in [0.5, 0.6) is 0 Å². The molecule has 4 nitrogen and oxygen atoms in total. The number of rotatable bonds is 3. The van der Waals surface area contributed by atoms with E-state index in [9.17, 15) is 9.59 Å². The summed E-state index contributed by atoms with van der Waals surface area (Å²) in [6.07, 6.45) is 3.33. The molecule has 0 aliphatic heterocycles. The summed E-state index contributed by atoms with van der Waals surface area (Å²) in [7, 11) is 0. The molecule has 1 aliphatic rings. The van der Waals surface area contributed by atoms with Crippen LogP contribution in [0.25, 0.3) is 0 Å². The quantitative estimate of drug-likeness (QED) is 0.881. The summed E-state index contributed by atoms with van der Waals surface area (Å²) < 4.78 is 0.